The zero-order valence-electron chi connectivity index (χ0n) is 19.0. The lowest BCUT2D eigenvalue weighted by Gasteiger charge is -2.18. The number of hydrogen-bond donors (Lipinski definition) is 0. The van der Waals surface area contributed by atoms with Crippen LogP contribution in [0.5, 0.6) is 0 Å². The van der Waals surface area contributed by atoms with E-state index in [1.54, 1.807) is 0 Å². The van der Waals surface area contributed by atoms with Crippen molar-refractivity contribution in [1.82, 2.24) is 0 Å². The molecular weight excluding hydrogens is 392 g/mol. The molecule has 160 valence electrons. The number of benzene rings is 4. The predicted molar refractivity (Wildman–Crippen MR) is 136 cm³/mol. The molecule has 0 aliphatic carbocycles. The Balaban J connectivity index is 1.91. The Hall–Kier alpha value is -3.85. The van der Waals surface area contributed by atoms with E-state index in [1.807, 2.05) is 70.7 Å². The van der Waals surface area contributed by atoms with Crippen molar-refractivity contribution in [3.8, 4) is 22.3 Å². The van der Waals surface area contributed by atoms with Crippen LogP contribution in [0.25, 0.3) is 22.3 Å². The number of carbonyl (C=O) groups excluding carboxylic acids is 1. The molecule has 0 unspecified atom stereocenters. The van der Waals surface area contributed by atoms with E-state index < -0.39 is 0 Å². The van der Waals surface area contributed by atoms with Gasteiger partial charge in [0.15, 0.2) is 5.78 Å². The summed E-state index contributed by atoms with van der Waals surface area (Å²) in [6.07, 6.45) is 0. The average molecular weight is 421 g/mol. The fourth-order valence-electron chi connectivity index (χ4n) is 3.90. The molecule has 0 heterocycles. The molecule has 0 amide bonds. The summed E-state index contributed by atoms with van der Waals surface area (Å²) in [5.74, 6) is 0.0315. The van der Waals surface area contributed by atoms with Gasteiger partial charge in [0.05, 0.1) is 0 Å². The predicted octanol–water partition coefficient (Wildman–Crippen LogP) is 6.38. The highest BCUT2D eigenvalue weighted by atomic mass is 16.1. The molecule has 0 aliphatic rings. The van der Waals surface area contributed by atoms with Gasteiger partial charge in [0.2, 0.25) is 0 Å². The lowest BCUT2D eigenvalue weighted by molar-refractivity contribution is 0.103. The van der Waals surface area contributed by atoms with Crippen molar-refractivity contribution >= 4 is 17.2 Å². The van der Waals surface area contributed by atoms with Crippen LogP contribution in [0, 0.1) is 0 Å². The maximum absolute atomic E-state index is 13.5. The van der Waals surface area contributed by atoms with Gasteiger partial charge in [-0.25, -0.2) is 0 Å². The number of anilines is 2. The fourth-order valence-corrected chi connectivity index (χ4v) is 3.90. The Kier molecular flexibility index (Phi) is 6.09. The zero-order valence-corrected chi connectivity index (χ0v) is 19.0. The normalized spacial score (nSPS) is 10.6. The monoisotopic (exact) mass is 420 g/mol. The van der Waals surface area contributed by atoms with Gasteiger partial charge in [-0.05, 0) is 41.0 Å². The first-order chi connectivity index (χ1) is 15.5. The van der Waals surface area contributed by atoms with Gasteiger partial charge in [-0.15, -0.1) is 0 Å². The molecule has 0 radical (unpaired) electrons. The van der Waals surface area contributed by atoms with E-state index in [0.717, 1.165) is 33.6 Å². The third-order valence-electron chi connectivity index (χ3n) is 5.71. The summed E-state index contributed by atoms with van der Waals surface area (Å²) in [6, 6.07) is 32.4. The van der Waals surface area contributed by atoms with Crippen LogP contribution in [0.3, 0.4) is 0 Å². The van der Waals surface area contributed by atoms with Crippen molar-refractivity contribution in [1.29, 1.82) is 0 Å². The van der Waals surface area contributed by atoms with Gasteiger partial charge < -0.3 is 9.80 Å². The quantitative estimate of drug-likeness (QED) is 0.338. The standard InChI is InChI=1S/C29H28N2O/c1-30(2)24-17-13-21(14-18-24)26-11-8-12-27(29(32)23-9-6-5-7-10-23)28(26)22-15-19-25(20-16-22)31(3)4/h5-20H,1-4H3. The fraction of sp³-hybridized carbons (Fsp3) is 0.138. The minimum absolute atomic E-state index is 0.0315. The Morgan fingerprint density at radius 1 is 0.562 bits per heavy atom. The third kappa shape index (κ3) is 4.28. The molecular formula is C29H28N2O. The first-order valence-electron chi connectivity index (χ1n) is 10.7. The minimum atomic E-state index is 0.0315. The molecule has 32 heavy (non-hydrogen) atoms. The van der Waals surface area contributed by atoms with E-state index >= 15 is 0 Å². The minimum Gasteiger partial charge on any atom is -0.378 e. The van der Waals surface area contributed by atoms with Crippen LogP contribution >= 0.6 is 0 Å². The highest BCUT2D eigenvalue weighted by molar-refractivity contribution is 6.14. The van der Waals surface area contributed by atoms with E-state index in [4.69, 9.17) is 0 Å². The molecule has 0 atom stereocenters. The Morgan fingerprint density at radius 3 is 1.62 bits per heavy atom. The Bertz CT molecular complexity index is 1210. The second-order valence-corrected chi connectivity index (χ2v) is 8.31. The molecule has 0 aliphatic heterocycles. The van der Waals surface area contributed by atoms with Gasteiger partial charge in [-0.3, -0.25) is 4.79 Å². The van der Waals surface area contributed by atoms with Crippen LogP contribution in [-0.2, 0) is 0 Å². The van der Waals surface area contributed by atoms with E-state index in [2.05, 4.69) is 64.4 Å². The van der Waals surface area contributed by atoms with Crippen molar-refractivity contribution in [3.05, 3.63) is 108 Å². The molecule has 0 aromatic heterocycles. The second kappa shape index (κ2) is 9.11. The molecule has 0 N–H and O–H groups in total. The summed E-state index contributed by atoms with van der Waals surface area (Å²) >= 11 is 0. The van der Waals surface area contributed by atoms with E-state index in [-0.39, 0.29) is 5.78 Å². The summed E-state index contributed by atoms with van der Waals surface area (Å²) in [5.41, 5.74) is 7.80. The van der Waals surface area contributed by atoms with Gasteiger partial charge >= 0.3 is 0 Å². The lowest BCUT2D eigenvalue weighted by Crippen LogP contribution is -2.08. The highest BCUT2D eigenvalue weighted by Crippen LogP contribution is 2.37. The summed E-state index contributed by atoms with van der Waals surface area (Å²) in [5, 5.41) is 0. The zero-order chi connectivity index (χ0) is 22.7. The maximum Gasteiger partial charge on any atom is 0.193 e. The largest absolute Gasteiger partial charge is 0.378 e. The van der Waals surface area contributed by atoms with Gasteiger partial charge in [0.25, 0.3) is 0 Å². The molecule has 0 spiro atoms. The lowest BCUT2D eigenvalue weighted by atomic mass is 9.87. The number of nitrogens with zero attached hydrogens (tertiary/aromatic N) is 2. The summed E-state index contributed by atoms with van der Waals surface area (Å²) in [6.45, 7) is 0. The first-order valence-corrected chi connectivity index (χ1v) is 10.7. The van der Waals surface area contributed by atoms with Gasteiger partial charge in [-0.1, -0.05) is 72.8 Å². The summed E-state index contributed by atoms with van der Waals surface area (Å²) < 4.78 is 0. The maximum atomic E-state index is 13.5. The number of ketones is 1. The highest BCUT2D eigenvalue weighted by Gasteiger charge is 2.19. The van der Waals surface area contributed by atoms with Crippen LogP contribution < -0.4 is 9.80 Å². The van der Waals surface area contributed by atoms with Crippen molar-refractivity contribution in [3.63, 3.8) is 0 Å². The van der Waals surface area contributed by atoms with Crippen LogP contribution in [-0.4, -0.2) is 34.0 Å². The first kappa shape index (κ1) is 21.4. The molecule has 0 bridgehead atoms. The molecule has 3 heteroatoms. The molecule has 3 nitrogen and oxygen atoms in total. The molecule has 0 saturated heterocycles. The summed E-state index contributed by atoms with van der Waals surface area (Å²) in [4.78, 5) is 17.7. The molecule has 0 fully saturated rings. The second-order valence-electron chi connectivity index (χ2n) is 8.31. The van der Waals surface area contributed by atoms with Crippen molar-refractivity contribution in [2.75, 3.05) is 38.0 Å². The van der Waals surface area contributed by atoms with Gasteiger partial charge in [-0.2, -0.15) is 0 Å². The third-order valence-corrected chi connectivity index (χ3v) is 5.71. The Labute approximate surface area is 190 Å². The molecule has 4 aromatic carbocycles. The van der Waals surface area contributed by atoms with Crippen LogP contribution in [0.2, 0.25) is 0 Å². The summed E-state index contributed by atoms with van der Waals surface area (Å²) in [7, 11) is 8.12. The van der Waals surface area contributed by atoms with Crippen molar-refractivity contribution < 1.29 is 4.79 Å². The van der Waals surface area contributed by atoms with Crippen molar-refractivity contribution in [2.45, 2.75) is 0 Å². The molecule has 4 aromatic rings. The smallest absolute Gasteiger partial charge is 0.193 e. The van der Waals surface area contributed by atoms with Crippen LogP contribution in [0.1, 0.15) is 15.9 Å². The molecule has 0 saturated carbocycles. The van der Waals surface area contributed by atoms with Gasteiger partial charge in [0.1, 0.15) is 0 Å². The van der Waals surface area contributed by atoms with E-state index in [1.165, 1.54) is 0 Å². The number of hydrogen-bond acceptors (Lipinski definition) is 3. The topological polar surface area (TPSA) is 23.6 Å². The van der Waals surface area contributed by atoms with Crippen molar-refractivity contribution in [2.24, 2.45) is 0 Å². The van der Waals surface area contributed by atoms with Crippen LogP contribution in [0.15, 0.2) is 97.1 Å². The number of rotatable bonds is 6. The Morgan fingerprint density at radius 2 is 1.09 bits per heavy atom. The number of carbonyl (C=O) groups is 1. The SMILES string of the molecule is CN(C)c1ccc(-c2cccc(C(=O)c3ccccc3)c2-c2ccc(N(C)C)cc2)cc1. The van der Waals surface area contributed by atoms with Crippen LogP contribution in [0.4, 0.5) is 11.4 Å². The molecule has 4 rings (SSSR count). The van der Waals surface area contributed by atoms with Gasteiger partial charge in [0, 0.05) is 56.3 Å². The average Bonchev–Trinajstić information content (AvgIpc) is 2.83. The van der Waals surface area contributed by atoms with E-state index in [0.29, 0.717) is 11.1 Å². The van der Waals surface area contributed by atoms with E-state index in [9.17, 15) is 4.79 Å².